The van der Waals surface area contributed by atoms with Crippen LogP contribution < -0.4 is 17.1 Å². The highest BCUT2D eigenvalue weighted by molar-refractivity contribution is 7.91. The van der Waals surface area contributed by atoms with Crippen LogP contribution in [-0.4, -0.2) is 160 Å². The number of hydrogen-bond donors (Lipinski definition) is 2. The Morgan fingerprint density at radius 1 is 0.592 bits per heavy atom. The second-order valence-electron chi connectivity index (χ2n) is 18.0. The van der Waals surface area contributed by atoms with E-state index in [1.54, 1.807) is 13.0 Å². The van der Waals surface area contributed by atoms with E-state index in [9.17, 15) is 61.8 Å². The highest BCUT2D eigenvalue weighted by Crippen LogP contribution is 2.49. The predicted molar refractivity (Wildman–Crippen MR) is 261 cm³/mol. The summed E-state index contributed by atoms with van der Waals surface area (Å²) in [6.45, 7) is 4.18. The average Bonchev–Trinajstić information content (AvgIpc) is 4.01. The summed E-state index contributed by atoms with van der Waals surface area (Å²) in [5, 5.41) is 22.1. The molecule has 1 fully saturated rings. The maximum Gasteiger partial charge on any atom is 0.339 e. The van der Waals surface area contributed by atoms with Crippen LogP contribution in [0.3, 0.4) is 0 Å². The number of sulfone groups is 1. The smallest absolute Gasteiger partial charge is 0.339 e. The second kappa shape index (κ2) is 26.6. The van der Waals surface area contributed by atoms with Crippen molar-refractivity contribution in [3.63, 3.8) is 0 Å². The van der Waals surface area contributed by atoms with Crippen LogP contribution in [0.1, 0.15) is 68.6 Å². The van der Waals surface area contributed by atoms with E-state index in [2.05, 4.69) is 6.58 Å². The van der Waals surface area contributed by atoms with Crippen molar-refractivity contribution in [2.75, 3.05) is 61.5 Å². The predicted octanol–water partition coefficient (Wildman–Crippen LogP) is 0.499. The summed E-state index contributed by atoms with van der Waals surface area (Å²) in [6.07, 6.45) is -0.653. The Labute approximate surface area is 435 Å². The summed E-state index contributed by atoms with van der Waals surface area (Å²) in [4.78, 5) is 119. The van der Waals surface area contributed by atoms with Crippen molar-refractivity contribution >= 4 is 45.7 Å². The van der Waals surface area contributed by atoms with Crippen LogP contribution in [0.4, 0.5) is 0 Å². The van der Waals surface area contributed by atoms with Gasteiger partial charge >= 0.3 is 52.9 Å². The third-order valence-electron chi connectivity index (χ3n) is 12.1. The van der Waals surface area contributed by atoms with Crippen molar-refractivity contribution in [2.24, 2.45) is 23.7 Å². The minimum atomic E-state index is -4.70. The molecule has 26 heteroatoms. The lowest BCUT2D eigenvalue weighted by Crippen LogP contribution is -2.56. The first-order valence-electron chi connectivity index (χ1n) is 23.7. The molecule has 414 valence electrons. The van der Waals surface area contributed by atoms with Gasteiger partial charge in [-0.3, -0.25) is 9.59 Å². The van der Waals surface area contributed by atoms with E-state index >= 15 is 0 Å². The fraction of sp³-hybridized carbons (Fsp3) is 0.500. The molecule has 9 atom stereocenters. The van der Waals surface area contributed by atoms with Crippen molar-refractivity contribution in [2.45, 2.75) is 87.1 Å². The number of esters is 6. The molecule has 2 bridgehead atoms. The molecular weight excluding hydrogens is 1030 g/mol. The van der Waals surface area contributed by atoms with Crippen molar-refractivity contribution in [1.29, 1.82) is 0 Å². The van der Waals surface area contributed by atoms with Gasteiger partial charge in [-0.25, -0.2) is 55.7 Å². The summed E-state index contributed by atoms with van der Waals surface area (Å²) in [5.74, 6) is -8.49. The van der Waals surface area contributed by atoms with Gasteiger partial charge in [0.25, 0.3) is 0 Å². The highest BCUT2D eigenvalue weighted by atomic mass is 32.2. The number of methoxy groups -OCH3 is 4. The SMILES string of the molecule is C=CCn1c(=O)n(CC(O)COC(=O)c2ccc(S(=O)(=O)c3ccc(C(=O)OC)c(C(=O)OC(C)COC)c3)cc2C(=O)OC(C)COC)c(=O)n(CC(O)COC(=O)C2C3C=CC(C3)C2C(=O)OC(C)COC)c1=O. The summed E-state index contributed by atoms with van der Waals surface area (Å²) < 4.78 is 76.4. The molecular formula is C50H61N3O22S. The fourth-order valence-electron chi connectivity index (χ4n) is 8.69. The van der Waals surface area contributed by atoms with Crippen LogP contribution in [0, 0.1) is 23.7 Å². The first kappa shape index (κ1) is 59.8. The number of nitrogens with zero attached hydrogens (tertiary/aromatic N) is 3. The molecule has 25 nitrogen and oxygen atoms in total. The van der Waals surface area contributed by atoms with Crippen LogP contribution in [0.25, 0.3) is 0 Å². The molecule has 0 amide bonds. The molecule has 1 saturated carbocycles. The number of aromatic nitrogens is 3. The number of aliphatic hydroxyl groups excluding tert-OH is 2. The van der Waals surface area contributed by atoms with Gasteiger partial charge in [0, 0.05) is 21.3 Å². The molecule has 2 aromatic carbocycles. The molecule has 0 radical (unpaired) electrons. The molecule has 1 aromatic heterocycles. The Morgan fingerprint density at radius 2 is 1.01 bits per heavy atom. The molecule has 0 saturated heterocycles. The van der Waals surface area contributed by atoms with Crippen LogP contribution in [-0.2, 0) is 81.7 Å². The minimum absolute atomic E-state index is 0.0318. The third-order valence-corrected chi connectivity index (χ3v) is 13.9. The van der Waals surface area contributed by atoms with Gasteiger partial charge < -0.3 is 52.8 Å². The van der Waals surface area contributed by atoms with Crippen LogP contribution in [0.5, 0.6) is 0 Å². The number of allylic oxidation sites excluding steroid dienone is 3. The maximum atomic E-state index is 14.1. The molecule has 2 N–H and O–H groups in total. The van der Waals surface area contributed by atoms with Gasteiger partial charge in [0.05, 0.1) is 90.4 Å². The molecule has 2 aliphatic carbocycles. The van der Waals surface area contributed by atoms with Crippen LogP contribution in [0.15, 0.2) is 85.4 Å². The number of ether oxygens (including phenoxy) is 9. The summed E-state index contributed by atoms with van der Waals surface area (Å²) in [6, 6.07) is 5.54. The molecule has 5 rings (SSSR count). The normalized spacial score (nSPS) is 18.6. The van der Waals surface area contributed by atoms with E-state index in [1.807, 2.05) is 6.08 Å². The summed E-state index contributed by atoms with van der Waals surface area (Å²) in [7, 11) is 0.475. The van der Waals surface area contributed by atoms with Gasteiger partial charge in [0.1, 0.15) is 43.7 Å². The number of rotatable bonds is 27. The topological polar surface area (TPSA) is 326 Å². The Balaban J connectivity index is 1.36. The Kier molecular flexibility index (Phi) is 20.9. The molecule has 9 unspecified atom stereocenters. The fourth-order valence-corrected chi connectivity index (χ4v) is 10.0. The van der Waals surface area contributed by atoms with Crippen molar-refractivity contribution in [3.05, 3.63) is 115 Å². The van der Waals surface area contributed by atoms with E-state index < -0.39 is 164 Å². The third kappa shape index (κ3) is 14.0. The van der Waals surface area contributed by atoms with E-state index in [0.717, 1.165) is 49.6 Å². The molecule has 2 aliphatic rings. The van der Waals surface area contributed by atoms with Gasteiger partial charge in [-0.2, -0.15) is 0 Å². The van der Waals surface area contributed by atoms with Crippen molar-refractivity contribution in [1.82, 2.24) is 13.7 Å². The lowest BCUT2D eigenvalue weighted by atomic mass is 9.83. The van der Waals surface area contributed by atoms with E-state index in [1.165, 1.54) is 35.2 Å². The van der Waals surface area contributed by atoms with Crippen molar-refractivity contribution < 1.29 is 90.0 Å². The first-order valence-corrected chi connectivity index (χ1v) is 25.2. The largest absolute Gasteiger partial charge is 0.465 e. The lowest BCUT2D eigenvalue weighted by Gasteiger charge is -2.26. The van der Waals surface area contributed by atoms with Crippen LogP contribution in [0.2, 0.25) is 0 Å². The summed E-state index contributed by atoms with van der Waals surface area (Å²) >= 11 is 0. The van der Waals surface area contributed by atoms with Gasteiger partial charge in [-0.05, 0) is 75.4 Å². The second-order valence-corrected chi connectivity index (χ2v) is 19.9. The minimum Gasteiger partial charge on any atom is -0.465 e. The number of benzene rings is 2. The van der Waals surface area contributed by atoms with E-state index in [0.29, 0.717) is 20.1 Å². The van der Waals surface area contributed by atoms with Crippen LogP contribution >= 0.6 is 0 Å². The zero-order chi connectivity index (χ0) is 56.2. The molecule has 3 aromatic rings. The van der Waals surface area contributed by atoms with Gasteiger partial charge in [0.2, 0.25) is 9.84 Å². The van der Waals surface area contributed by atoms with E-state index in [4.69, 9.17) is 42.6 Å². The zero-order valence-electron chi connectivity index (χ0n) is 42.8. The summed E-state index contributed by atoms with van der Waals surface area (Å²) in [5.41, 5.74) is -5.77. The lowest BCUT2D eigenvalue weighted by molar-refractivity contribution is -0.166. The standard InChI is InChI=1S/C50H61N3O22S/c1-9-16-51-48(62)52(50(64)53(49(51)63)21-33(55)26-72-46(60)40-30-10-11-31(17-30)41(40)47(61)75-29(4)24-69-7)20-32(54)25-71-43(57)37-15-13-35(19-39(37)45(59)74-28(3)23-68-6)76(65,66)34-12-14-36(42(56)70-8)38(18-34)44(58)73-27(2)22-67-5/h9-15,18-19,27-33,40-41,54-55H,1,16-17,20-26H2,2-8H3. The zero-order valence-corrected chi connectivity index (χ0v) is 43.6. The number of hydrogen-bond acceptors (Lipinski definition) is 22. The highest BCUT2D eigenvalue weighted by Gasteiger charge is 2.53. The van der Waals surface area contributed by atoms with E-state index in [-0.39, 0.29) is 37.2 Å². The first-order chi connectivity index (χ1) is 36.0. The number of carbonyl (C=O) groups excluding carboxylic acids is 6. The quantitative estimate of drug-likeness (QED) is 0.0596. The number of aliphatic hydroxyl groups is 2. The van der Waals surface area contributed by atoms with Crippen molar-refractivity contribution in [3.8, 4) is 0 Å². The molecule has 0 aliphatic heterocycles. The molecule has 0 spiro atoms. The van der Waals surface area contributed by atoms with Gasteiger partial charge in [-0.1, -0.05) is 18.2 Å². The number of carbonyl (C=O) groups is 6. The Hall–Kier alpha value is -7.10. The Morgan fingerprint density at radius 3 is 1.46 bits per heavy atom. The average molecular weight is 1090 g/mol. The monoisotopic (exact) mass is 1090 g/mol. The number of fused-ring (bicyclic) bond motifs is 2. The molecule has 1 heterocycles. The Bertz CT molecular complexity index is 3000. The van der Waals surface area contributed by atoms with Gasteiger partial charge in [0.15, 0.2) is 0 Å². The van der Waals surface area contributed by atoms with Gasteiger partial charge in [-0.15, -0.1) is 6.58 Å². The molecule has 76 heavy (non-hydrogen) atoms. The maximum absolute atomic E-state index is 14.1.